The first-order chi connectivity index (χ1) is 12.6. The van der Waals surface area contributed by atoms with Crippen LogP contribution in [0.3, 0.4) is 0 Å². The van der Waals surface area contributed by atoms with E-state index >= 15 is 0 Å². The third-order valence-corrected chi connectivity index (χ3v) is 5.14. The van der Waals surface area contributed by atoms with Crippen LogP contribution >= 0.6 is 0 Å². The zero-order valence-electron chi connectivity index (χ0n) is 15.8. The Bertz CT molecular complexity index is 758. The number of benzene rings is 1. The van der Waals surface area contributed by atoms with Crippen molar-refractivity contribution in [3.63, 3.8) is 0 Å². The van der Waals surface area contributed by atoms with Crippen molar-refractivity contribution in [1.82, 2.24) is 9.97 Å². The summed E-state index contributed by atoms with van der Waals surface area (Å²) < 4.78 is 4.99. The quantitative estimate of drug-likeness (QED) is 0.818. The van der Waals surface area contributed by atoms with Gasteiger partial charge in [-0.25, -0.2) is 9.97 Å². The molecule has 1 aromatic heterocycles. The molecular weight excluding hydrogens is 326 g/mol. The van der Waals surface area contributed by atoms with Gasteiger partial charge in [-0.05, 0) is 32.6 Å². The van der Waals surface area contributed by atoms with Crippen LogP contribution in [0.2, 0.25) is 0 Å². The second kappa shape index (κ2) is 8.30. The average molecular weight is 353 g/mol. The summed E-state index contributed by atoms with van der Waals surface area (Å²) in [5.74, 6) is 1.73. The smallest absolute Gasteiger partial charge is 0.309 e. The Morgan fingerprint density at radius 1 is 1.15 bits per heavy atom. The summed E-state index contributed by atoms with van der Waals surface area (Å²) in [5, 5.41) is 3.43. The summed E-state index contributed by atoms with van der Waals surface area (Å²) in [6, 6.07) is 10.3. The molecule has 0 aliphatic heterocycles. The lowest BCUT2D eigenvalue weighted by atomic mass is 9.79. The minimum absolute atomic E-state index is 0.0132. The number of rotatable bonds is 5. The molecule has 0 saturated heterocycles. The molecule has 0 amide bonds. The highest BCUT2D eigenvalue weighted by molar-refractivity contribution is 5.72. The fourth-order valence-corrected chi connectivity index (χ4v) is 3.68. The van der Waals surface area contributed by atoms with Gasteiger partial charge in [-0.2, -0.15) is 0 Å². The van der Waals surface area contributed by atoms with Gasteiger partial charge >= 0.3 is 5.97 Å². The van der Waals surface area contributed by atoms with Crippen molar-refractivity contribution in [3.05, 3.63) is 41.7 Å². The van der Waals surface area contributed by atoms with E-state index in [1.165, 1.54) is 12.7 Å². The zero-order chi connectivity index (χ0) is 18.5. The topological polar surface area (TPSA) is 64.1 Å². The van der Waals surface area contributed by atoms with Crippen molar-refractivity contribution >= 4 is 11.8 Å². The van der Waals surface area contributed by atoms with Crippen molar-refractivity contribution in [2.75, 3.05) is 19.0 Å². The van der Waals surface area contributed by atoms with Gasteiger partial charge in [0, 0.05) is 18.2 Å². The minimum atomic E-state index is -0.0873. The van der Waals surface area contributed by atoms with Gasteiger partial charge in [0.2, 0.25) is 0 Å². The lowest BCUT2D eigenvalue weighted by molar-refractivity contribution is -0.148. The predicted molar refractivity (Wildman–Crippen MR) is 103 cm³/mol. The first kappa shape index (κ1) is 18.4. The largest absolute Gasteiger partial charge is 0.469 e. The standard InChI is InChI=1S/C21H27N3O2/c1-14-8-10-16(11-9-14)19-12-20(24-15(2)23-19)22-13-17-6-4-5-7-18(17)21(25)26-3/h8-12,17-18H,4-7,13H2,1-3H3,(H,22,23,24). The number of nitrogens with zero attached hydrogens (tertiary/aromatic N) is 2. The number of aryl methyl sites for hydroxylation is 2. The third kappa shape index (κ3) is 4.40. The summed E-state index contributed by atoms with van der Waals surface area (Å²) in [7, 11) is 1.48. The second-order valence-electron chi connectivity index (χ2n) is 7.11. The zero-order valence-corrected chi connectivity index (χ0v) is 15.8. The molecule has 0 radical (unpaired) electrons. The van der Waals surface area contributed by atoms with Gasteiger partial charge in [-0.1, -0.05) is 42.7 Å². The summed E-state index contributed by atoms with van der Waals surface area (Å²) in [6.07, 6.45) is 4.22. The van der Waals surface area contributed by atoms with Gasteiger partial charge in [-0.3, -0.25) is 4.79 Å². The van der Waals surface area contributed by atoms with Crippen LogP contribution in [0, 0.1) is 25.7 Å². The number of aromatic nitrogens is 2. The van der Waals surface area contributed by atoms with Gasteiger partial charge in [0.1, 0.15) is 11.6 Å². The lowest BCUT2D eigenvalue weighted by Crippen LogP contribution is -2.32. The fourth-order valence-electron chi connectivity index (χ4n) is 3.68. The van der Waals surface area contributed by atoms with Crippen LogP contribution in [0.1, 0.15) is 37.1 Å². The normalized spacial score (nSPS) is 19.8. The van der Waals surface area contributed by atoms with E-state index in [1.807, 2.05) is 13.0 Å². The van der Waals surface area contributed by atoms with Crippen molar-refractivity contribution in [3.8, 4) is 11.3 Å². The van der Waals surface area contributed by atoms with Crippen molar-refractivity contribution < 1.29 is 9.53 Å². The number of ether oxygens (including phenoxy) is 1. The molecule has 1 aliphatic rings. The van der Waals surface area contributed by atoms with E-state index < -0.39 is 0 Å². The molecule has 2 unspecified atom stereocenters. The van der Waals surface area contributed by atoms with E-state index in [0.717, 1.165) is 55.1 Å². The molecule has 1 saturated carbocycles. The minimum Gasteiger partial charge on any atom is -0.469 e. The Hall–Kier alpha value is -2.43. The van der Waals surface area contributed by atoms with Crippen LogP contribution in [0.4, 0.5) is 5.82 Å². The molecule has 3 rings (SSSR count). The molecule has 5 nitrogen and oxygen atoms in total. The van der Waals surface area contributed by atoms with Crippen LogP contribution in [0.5, 0.6) is 0 Å². The van der Waals surface area contributed by atoms with E-state index in [2.05, 4.69) is 46.5 Å². The lowest BCUT2D eigenvalue weighted by Gasteiger charge is -2.29. The molecule has 2 aromatic rings. The maximum Gasteiger partial charge on any atom is 0.309 e. The molecule has 5 heteroatoms. The number of hydrogen-bond donors (Lipinski definition) is 1. The van der Waals surface area contributed by atoms with Crippen molar-refractivity contribution in [1.29, 1.82) is 0 Å². The summed E-state index contributed by atoms with van der Waals surface area (Å²) in [5.41, 5.74) is 3.21. The second-order valence-corrected chi connectivity index (χ2v) is 7.11. The Morgan fingerprint density at radius 3 is 2.62 bits per heavy atom. The number of carbonyl (C=O) groups excluding carboxylic acids is 1. The number of esters is 1. The van der Waals surface area contributed by atoms with Crippen LogP contribution in [0.25, 0.3) is 11.3 Å². The maximum absolute atomic E-state index is 12.0. The fraction of sp³-hybridized carbons (Fsp3) is 0.476. The van der Waals surface area contributed by atoms with Gasteiger partial charge in [0.25, 0.3) is 0 Å². The molecule has 0 spiro atoms. The van der Waals surface area contributed by atoms with Crippen molar-refractivity contribution in [2.45, 2.75) is 39.5 Å². The number of hydrogen-bond acceptors (Lipinski definition) is 5. The highest BCUT2D eigenvalue weighted by Crippen LogP contribution is 2.31. The predicted octanol–water partition coefficient (Wildman–Crippen LogP) is 4.15. The molecule has 138 valence electrons. The molecule has 1 aromatic carbocycles. The average Bonchev–Trinajstić information content (AvgIpc) is 2.66. The number of carbonyl (C=O) groups is 1. The van der Waals surface area contributed by atoms with E-state index in [-0.39, 0.29) is 17.8 Å². The monoisotopic (exact) mass is 353 g/mol. The van der Waals surface area contributed by atoms with E-state index in [0.29, 0.717) is 0 Å². The van der Waals surface area contributed by atoms with Gasteiger partial charge in [0.15, 0.2) is 0 Å². The summed E-state index contributed by atoms with van der Waals surface area (Å²) >= 11 is 0. The number of nitrogens with one attached hydrogen (secondary N) is 1. The molecular formula is C21H27N3O2. The Balaban J connectivity index is 1.73. The van der Waals surface area contributed by atoms with Gasteiger partial charge in [-0.15, -0.1) is 0 Å². The molecule has 0 bridgehead atoms. The summed E-state index contributed by atoms with van der Waals surface area (Å²) in [6.45, 7) is 4.70. The highest BCUT2D eigenvalue weighted by atomic mass is 16.5. The molecule has 26 heavy (non-hydrogen) atoms. The van der Waals surface area contributed by atoms with E-state index in [9.17, 15) is 4.79 Å². The Labute approximate surface area is 155 Å². The molecule has 1 N–H and O–H groups in total. The first-order valence-corrected chi connectivity index (χ1v) is 9.31. The first-order valence-electron chi connectivity index (χ1n) is 9.31. The van der Waals surface area contributed by atoms with E-state index in [4.69, 9.17) is 4.74 Å². The van der Waals surface area contributed by atoms with Gasteiger partial charge in [0.05, 0.1) is 18.7 Å². The maximum atomic E-state index is 12.0. The Kier molecular flexibility index (Phi) is 5.86. The number of methoxy groups -OCH3 is 1. The molecule has 1 fully saturated rings. The highest BCUT2D eigenvalue weighted by Gasteiger charge is 2.31. The van der Waals surface area contributed by atoms with Crippen LogP contribution < -0.4 is 5.32 Å². The van der Waals surface area contributed by atoms with Crippen LogP contribution in [-0.4, -0.2) is 29.6 Å². The van der Waals surface area contributed by atoms with Crippen LogP contribution in [-0.2, 0) is 9.53 Å². The molecule has 2 atom stereocenters. The molecule has 1 aliphatic carbocycles. The van der Waals surface area contributed by atoms with Crippen molar-refractivity contribution in [2.24, 2.45) is 11.8 Å². The molecule has 1 heterocycles. The number of anilines is 1. The van der Waals surface area contributed by atoms with Gasteiger partial charge < -0.3 is 10.1 Å². The SMILES string of the molecule is COC(=O)C1CCCCC1CNc1cc(-c2ccc(C)cc2)nc(C)n1. The van der Waals surface area contributed by atoms with Crippen LogP contribution in [0.15, 0.2) is 30.3 Å². The summed E-state index contributed by atoms with van der Waals surface area (Å²) in [4.78, 5) is 21.1. The Morgan fingerprint density at radius 2 is 1.88 bits per heavy atom. The van der Waals surface area contributed by atoms with E-state index in [1.54, 1.807) is 0 Å². The third-order valence-electron chi connectivity index (χ3n) is 5.14.